The van der Waals surface area contributed by atoms with Crippen molar-refractivity contribution in [3.05, 3.63) is 41.1 Å². The quantitative estimate of drug-likeness (QED) is 0.386. The molecular formula is C17H23N3O6S2. The summed E-state index contributed by atoms with van der Waals surface area (Å²) in [6.45, 7) is 5.05. The van der Waals surface area contributed by atoms with Crippen LogP contribution in [0.1, 0.15) is 12.5 Å². The molecule has 1 amide bonds. The van der Waals surface area contributed by atoms with Crippen molar-refractivity contribution in [2.24, 2.45) is 5.73 Å². The van der Waals surface area contributed by atoms with E-state index in [0.29, 0.717) is 12.3 Å². The number of nitrogens with two attached hydrogens (primary N) is 1. The molecule has 0 bridgehead atoms. The molecule has 154 valence electrons. The fourth-order valence-corrected chi connectivity index (χ4v) is 4.47. The number of nitrogens with one attached hydrogen (secondary N) is 1. The van der Waals surface area contributed by atoms with Crippen LogP contribution < -0.4 is 11.1 Å². The maximum Gasteiger partial charge on any atom is 0.352 e. The predicted octanol–water partition coefficient (Wildman–Crippen LogP) is 0.419. The zero-order valence-corrected chi connectivity index (χ0v) is 17.1. The number of aliphatic carboxylic acids is 1. The third-order valence-corrected chi connectivity index (χ3v) is 6.43. The molecule has 0 aliphatic carbocycles. The molecule has 0 aromatic heterocycles. The third-order valence-electron chi connectivity index (χ3n) is 4.20. The highest BCUT2D eigenvalue weighted by molar-refractivity contribution is 8.00. The number of likely N-dealkylation sites (N-methyl/N-ethyl adjacent to an activating group) is 1. The van der Waals surface area contributed by atoms with Gasteiger partial charge in [-0.1, -0.05) is 24.6 Å². The maximum absolute atomic E-state index is 11.6. The first-order valence-electron chi connectivity index (χ1n) is 8.48. The number of hydrogen-bond acceptors (Lipinski definition) is 7. The van der Waals surface area contributed by atoms with Crippen LogP contribution in [0.4, 0.5) is 0 Å². The summed E-state index contributed by atoms with van der Waals surface area (Å²) in [5.41, 5.74) is 7.46. The molecule has 28 heavy (non-hydrogen) atoms. The van der Waals surface area contributed by atoms with Crippen LogP contribution in [-0.4, -0.2) is 65.1 Å². The van der Waals surface area contributed by atoms with E-state index in [1.807, 2.05) is 13.8 Å². The molecule has 1 aromatic carbocycles. The molecule has 1 unspecified atom stereocenters. The van der Waals surface area contributed by atoms with Crippen molar-refractivity contribution in [2.75, 3.05) is 18.8 Å². The topological polar surface area (TPSA) is 150 Å². The van der Waals surface area contributed by atoms with E-state index in [4.69, 9.17) is 10.3 Å². The van der Waals surface area contributed by atoms with Crippen LogP contribution in [0.15, 0.2) is 40.4 Å². The number of rotatable bonds is 5. The summed E-state index contributed by atoms with van der Waals surface area (Å²) in [6.07, 6.45) is 0. The van der Waals surface area contributed by atoms with Crippen LogP contribution >= 0.6 is 11.8 Å². The lowest BCUT2D eigenvalue weighted by Gasteiger charge is -2.48. The smallest absolute Gasteiger partial charge is 0.352 e. The van der Waals surface area contributed by atoms with Gasteiger partial charge in [-0.15, -0.1) is 11.8 Å². The standard InChI is InChI=1S/C10H15N3O3S.C7H8O3S/c1-2-12-3-5-4-17-9-6(11)8(14)13(9)7(5)10(15)16;1-6-2-4-7(5-3-6)11(8,9)10/h6,9,12H,2-4,11H2,1H3,(H,15,16);2-5H,1H3,(H,8,9,10)/t6?,9-;/m0./s1. The van der Waals surface area contributed by atoms with Crippen molar-refractivity contribution in [2.45, 2.75) is 30.2 Å². The van der Waals surface area contributed by atoms with E-state index in [1.54, 1.807) is 12.1 Å². The SMILES string of the molecule is CCNCC1=C(C(=O)O)N2C(=O)C(N)[C@@H]2SC1.Cc1ccc(S(=O)(=O)O)cc1. The summed E-state index contributed by atoms with van der Waals surface area (Å²) in [7, 11) is -4.02. The average molecular weight is 430 g/mol. The van der Waals surface area contributed by atoms with Gasteiger partial charge in [-0.05, 0) is 31.2 Å². The summed E-state index contributed by atoms with van der Waals surface area (Å²) in [6, 6.07) is 5.43. The molecule has 0 radical (unpaired) electrons. The van der Waals surface area contributed by atoms with Gasteiger partial charge in [0.15, 0.2) is 0 Å². The van der Waals surface area contributed by atoms with Crippen LogP contribution in [-0.2, 0) is 19.7 Å². The van der Waals surface area contributed by atoms with Crippen LogP contribution in [0.2, 0.25) is 0 Å². The summed E-state index contributed by atoms with van der Waals surface area (Å²) in [5.74, 6) is -0.742. The molecule has 0 saturated carbocycles. The van der Waals surface area contributed by atoms with Gasteiger partial charge in [-0.3, -0.25) is 14.2 Å². The first-order valence-corrected chi connectivity index (χ1v) is 11.0. The number of amides is 1. The minimum atomic E-state index is -4.02. The lowest BCUT2D eigenvalue weighted by molar-refractivity contribution is -0.147. The van der Waals surface area contributed by atoms with Crippen molar-refractivity contribution in [1.82, 2.24) is 10.2 Å². The fourth-order valence-electron chi connectivity index (χ4n) is 2.70. The number of hydrogen-bond donors (Lipinski definition) is 4. The Bertz CT molecular complexity index is 883. The molecule has 1 fully saturated rings. The Labute approximate surface area is 167 Å². The molecule has 2 atom stereocenters. The van der Waals surface area contributed by atoms with E-state index in [1.165, 1.54) is 28.8 Å². The number of benzene rings is 1. The molecule has 5 N–H and O–H groups in total. The minimum absolute atomic E-state index is 0.0666. The van der Waals surface area contributed by atoms with Crippen molar-refractivity contribution in [3.63, 3.8) is 0 Å². The minimum Gasteiger partial charge on any atom is -0.477 e. The van der Waals surface area contributed by atoms with E-state index in [-0.39, 0.29) is 21.9 Å². The number of nitrogens with zero attached hydrogens (tertiary/aromatic N) is 1. The number of carbonyl (C=O) groups excluding carboxylic acids is 1. The van der Waals surface area contributed by atoms with Crippen molar-refractivity contribution >= 4 is 33.8 Å². The number of carbonyl (C=O) groups is 2. The molecule has 2 aliphatic rings. The largest absolute Gasteiger partial charge is 0.477 e. The molecule has 11 heteroatoms. The number of carboxylic acid groups (broad SMARTS) is 1. The Morgan fingerprint density at radius 2 is 1.96 bits per heavy atom. The van der Waals surface area contributed by atoms with Crippen molar-refractivity contribution in [1.29, 1.82) is 0 Å². The van der Waals surface area contributed by atoms with Crippen LogP contribution in [0.5, 0.6) is 0 Å². The molecule has 1 saturated heterocycles. The Morgan fingerprint density at radius 1 is 1.36 bits per heavy atom. The number of carboxylic acids is 1. The van der Waals surface area contributed by atoms with Crippen molar-refractivity contribution < 1.29 is 27.7 Å². The van der Waals surface area contributed by atoms with Gasteiger partial charge in [0.05, 0.1) is 4.90 Å². The first-order chi connectivity index (χ1) is 13.1. The summed E-state index contributed by atoms with van der Waals surface area (Å²) >= 11 is 1.52. The number of β-lactam (4-membered cyclic amide) rings is 1. The average Bonchev–Trinajstić information content (AvgIpc) is 2.64. The number of fused-ring (bicyclic) bond motifs is 1. The van der Waals surface area contributed by atoms with Gasteiger partial charge in [-0.25, -0.2) is 4.79 Å². The van der Waals surface area contributed by atoms with E-state index >= 15 is 0 Å². The van der Waals surface area contributed by atoms with E-state index in [2.05, 4.69) is 5.32 Å². The van der Waals surface area contributed by atoms with E-state index in [9.17, 15) is 23.1 Å². The van der Waals surface area contributed by atoms with Crippen LogP contribution in [0.3, 0.4) is 0 Å². The second-order valence-electron chi connectivity index (χ2n) is 6.26. The second kappa shape index (κ2) is 9.05. The Hall–Kier alpha value is -1.92. The van der Waals surface area contributed by atoms with Gasteiger partial charge < -0.3 is 16.2 Å². The second-order valence-corrected chi connectivity index (χ2v) is 8.79. The predicted molar refractivity (Wildman–Crippen MR) is 105 cm³/mol. The van der Waals surface area contributed by atoms with Gasteiger partial charge >= 0.3 is 5.97 Å². The molecule has 2 heterocycles. The Kier molecular flexibility index (Phi) is 7.23. The molecule has 0 spiro atoms. The summed E-state index contributed by atoms with van der Waals surface area (Å²) < 4.78 is 29.6. The van der Waals surface area contributed by atoms with Gasteiger partial charge in [0.1, 0.15) is 17.1 Å². The molecule has 3 rings (SSSR count). The maximum atomic E-state index is 11.6. The monoisotopic (exact) mass is 429 g/mol. The van der Waals surface area contributed by atoms with Gasteiger partial charge in [-0.2, -0.15) is 8.42 Å². The normalized spacial score (nSPS) is 21.4. The molecule has 1 aromatic rings. The van der Waals surface area contributed by atoms with E-state index < -0.39 is 22.1 Å². The lowest BCUT2D eigenvalue weighted by Crippen LogP contribution is -2.68. The Balaban J connectivity index is 0.000000221. The number of thioether (sulfide) groups is 1. The number of aryl methyl sites for hydroxylation is 1. The zero-order valence-electron chi connectivity index (χ0n) is 15.5. The fraction of sp³-hybridized carbons (Fsp3) is 0.412. The first kappa shape index (κ1) is 22.4. The zero-order chi connectivity index (χ0) is 21.1. The van der Waals surface area contributed by atoms with Crippen LogP contribution in [0.25, 0.3) is 0 Å². The summed E-state index contributed by atoms with van der Waals surface area (Å²) in [5, 5.41) is 12.1. The molecule has 2 aliphatic heterocycles. The lowest BCUT2D eigenvalue weighted by atomic mass is 10.0. The molecular weight excluding hydrogens is 406 g/mol. The van der Waals surface area contributed by atoms with Crippen LogP contribution in [0, 0.1) is 6.92 Å². The molecule has 9 nitrogen and oxygen atoms in total. The Morgan fingerprint density at radius 3 is 2.46 bits per heavy atom. The highest BCUT2D eigenvalue weighted by Crippen LogP contribution is 2.39. The highest BCUT2D eigenvalue weighted by atomic mass is 32.2. The highest BCUT2D eigenvalue weighted by Gasteiger charge is 2.51. The van der Waals surface area contributed by atoms with Crippen molar-refractivity contribution in [3.8, 4) is 0 Å². The third kappa shape index (κ3) is 4.92. The summed E-state index contributed by atoms with van der Waals surface area (Å²) in [4.78, 5) is 24.1. The van der Waals surface area contributed by atoms with Gasteiger partial charge in [0.25, 0.3) is 10.1 Å². The van der Waals surface area contributed by atoms with Gasteiger partial charge in [0.2, 0.25) is 5.91 Å². The van der Waals surface area contributed by atoms with Gasteiger partial charge in [0, 0.05) is 12.3 Å². The van der Waals surface area contributed by atoms with E-state index in [0.717, 1.165) is 17.7 Å².